The van der Waals surface area contributed by atoms with Crippen LogP contribution in [0.4, 0.5) is 5.69 Å². The van der Waals surface area contributed by atoms with Gasteiger partial charge in [0.1, 0.15) is 0 Å². The van der Waals surface area contributed by atoms with E-state index < -0.39 is 0 Å². The van der Waals surface area contributed by atoms with E-state index in [1.165, 1.54) is 74.6 Å². The zero-order chi connectivity index (χ0) is 29.2. The number of nitrogens with zero attached hydrogens (tertiary/aromatic N) is 1. The Balaban J connectivity index is -0.000000817. The fraction of sp³-hybridized carbons (Fsp3) is 0.611. The quantitative estimate of drug-likeness (QED) is 0.248. The third-order valence-electron chi connectivity index (χ3n) is 7.08. The maximum atomic E-state index is 3.82. The molecule has 0 spiro atoms. The molecule has 0 saturated heterocycles. The van der Waals surface area contributed by atoms with Crippen molar-refractivity contribution in [2.75, 3.05) is 11.9 Å². The summed E-state index contributed by atoms with van der Waals surface area (Å²) in [5, 5.41) is 0. The van der Waals surface area contributed by atoms with Crippen molar-refractivity contribution in [3.8, 4) is 0 Å². The van der Waals surface area contributed by atoms with Gasteiger partial charge in [0.05, 0.1) is 0 Å². The second-order valence-corrected chi connectivity index (χ2v) is 9.67. The molecular weight excluding hydrogens is 446 g/mol. The van der Waals surface area contributed by atoms with Crippen molar-refractivity contribution in [3.63, 3.8) is 0 Å². The molecule has 0 N–H and O–H groups in total. The highest BCUT2D eigenvalue weighted by Crippen LogP contribution is 2.39. The van der Waals surface area contributed by atoms with Gasteiger partial charge in [0.15, 0.2) is 0 Å². The fourth-order valence-corrected chi connectivity index (χ4v) is 4.50. The molecule has 37 heavy (non-hydrogen) atoms. The van der Waals surface area contributed by atoms with Gasteiger partial charge in [-0.15, -0.1) is 26.3 Å². The number of anilines is 1. The molecule has 1 aromatic carbocycles. The Kier molecular flexibility index (Phi) is 28.8. The summed E-state index contributed by atoms with van der Waals surface area (Å²) < 4.78 is 0. The van der Waals surface area contributed by atoms with Gasteiger partial charge in [-0.1, -0.05) is 112 Å². The van der Waals surface area contributed by atoms with Crippen LogP contribution in [-0.4, -0.2) is 7.05 Å². The van der Waals surface area contributed by atoms with Crippen LogP contribution in [0.1, 0.15) is 112 Å². The highest BCUT2D eigenvalue weighted by atomic mass is 15.1. The highest BCUT2D eigenvalue weighted by molar-refractivity contribution is 5.50. The molecule has 0 amide bonds. The number of benzene rings is 1. The molecule has 3 rings (SSSR count). The van der Waals surface area contributed by atoms with E-state index in [4.69, 9.17) is 0 Å². The summed E-state index contributed by atoms with van der Waals surface area (Å²) in [5.74, 6) is 3.86. The van der Waals surface area contributed by atoms with Crippen molar-refractivity contribution in [2.45, 2.75) is 113 Å². The van der Waals surface area contributed by atoms with E-state index in [2.05, 4.69) is 103 Å². The van der Waals surface area contributed by atoms with Gasteiger partial charge in [0.2, 0.25) is 0 Å². The molecule has 0 aromatic heterocycles. The third-order valence-corrected chi connectivity index (χ3v) is 7.08. The van der Waals surface area contributed by atoms with E-state index in [1.54, 1.807) is 0 Å². The molecule has 2 saturated carbocycles. The van der Waals surface area contributed by atoms with E-state index in [9.17, 15) is 0 Å². The molecule has 2 fully saturated rings. The van der Waals surface area contributed by atoms with Crippen molar-refractivity contribution in [1.29, 1.82) is 0 Å². The molecule has 0 radical (unpaired) electrons. The molecule has 0 aliphatic heterocycles. The van der Waals surface area contributed by atoms with Crippen LogP contribution in [0, 0.1) is 23.7 Å². The molecule has 0 bridgehead atoms. The maximum Gasteiger partial charge on any atom is 0.0403 e. The largest absolute Gasteiger partial charge is 0.351 e. The minimum absolute atomic E-state index is 0.890. The molecule has 2 aliphatic carbocycles. The van der Waals surface area contributed by atoms with E-state index in [0.29, 0.717) is 0 Å². The highest BCUT2D eigenvalue weighted by Gasteiger charge is 2.28. The molecule has 1 heteroatoms. The molecule has 3 atom stereocenters. The zero-order valence-electron chi connectivity index (χ0n) is 26.6. The fourth-order valence-electron chi connectivity index (χ4n) is 4.50. The lowest BCUT2D eigenvalue weighted by molar-refractivity contribution is 0.158. The maximum absolute atomic E-state index is 3.82. The summed E-state index contributed by atoms with van der Waals surface area (Å²) in [6, 6.07) is 9.11. The predicted molar refractivity (Wildman–Crippen MR) is 176 cm³/mol. The monoisotopic (exact) mass is 512 g/mol. The molecule has 0 heterocycles. The number of aryl methyl sites for hydroxylation is 1. The molecular formula is C36H65N. The number of hydrogen-bond acceptors (Lipinski definition) is 1. The molecule has 2 aliphatic rings. The van der Waals surface area contributed by atoms with Crippen LogP contribution >= 0.6 is 0 Å². The molecule has 214 valence electrons. The van der Waals surface area contributed by atoms with Gasteiger partial charge in [-0.05, 0) is 73.1 Å². The number of allylic oxidation sites excluding steroid dienone is 2. The van der Waals surface area contributed by atoms with Crippen LogP contribution in [-0.2, 0) is 6.42 Å². The normalized spacial score (nSPS) is 18.6. The van der Waals surface area contributed by atoms with Gasteiger partial charge in [-0.25, -0.2) is 0 Å². The van der Waals surface area contributed by atoms with Crippen molar-refractivity contribution < 1.29 is 0 Å². The number of hydrogen-bond donors (Lipinski definition) is 0. The van der Waals surface area contributed by atoms with Gasteiger partial charge in [-0.3, -0.25) is 0 Å². The number of rotatable bonds is 8. The van der Waals surface area contributed by atoms with Crippen LogP contribution < -0.4 is 4.90 Å². The lowest BCUT2D eigenvalue weighted by atomic mass is 9.70. The second-order valence-electron chi connectivity index (χ2n) is 9.67. The zero-order valence-corrected chi connectivity index (χ0v) is 26.6. The third kappa shape index (κ3) is 18.8. The van der Waals surface area contributed by atoms with Crippen LogP contribution in [0.5, 0.6) is 0 Å². The van der Waals surface area contributed by atoms with E-state index in [-0.39, 0.29) is 0 Å². The Labute approximate surface area is 234 Å². The first-order chi connectivity index (χ1) is 17.9. The first kappa shape index (κ1) is 39.5. The predicted octanol–water partition coefficient (Wildman–Crippen LogP) is 12.1. The molecule has 1 aromatic rings. The first-order valence-electron chi connectivity index (χ1n) is 15.1. The average Bonchev–Trinajstić information content (AvgIpc) is 3.78. The summed E-state index contributed by atoms with van der Waals surface area (Å²) in [5.41, 5.74) is 3.90. The summed E-state index contributed by atoms with van der Waals surface area (Å²) in [6.45, 7) is 33.0. The minimum Gasteiger partial charge on any atom is -0.351 e. The minimum atomic E-state index is 0.890. The Hall–Kier alpha value is -2.02. The van der Waals surface area contributed by atoms with E-state index in [1.807, 2.05) is 33.8 Å². The lowest BCUT2D eigenvalue weighted by Crippen LogP contribution is -2.25. The van der Waals surface area contributed by atoms with Gasteiger partial charge in [0.25, 0.3) is 0 Å². The van der Waals surface area contributed by atoms with Gasteiger partial charge in [-0.2, -0.15) is 0 Å². The second kappa shape index (κ2) is 27.0. The van der Waals surface area contributed by atoms with Crippen molar-refractivity contribution in [1.82, 2.24) is 0 Å². The first-order valence-corrected chi connectivity index (χ1v) is 15.1. The van der Waals surface area contributed by atoms with Crippen LogP contribution in [0.2, 0.25) is 0 Å². The van der Waals surface area contributed by atoms with Crippen LogP contribution in [0.25, 0.3) is 0 Å². The van der Waals surface area contributed by atoms with Crippen LogP contribution in [0.3, 0.4) is 0 Å². The Bertz CT molecular complexity index is 650. The summed E-state index contributed by atoms with van der Waals surface area (Å²) in [7, 11) is 2.10. The van der Waals surface area contributed by atoms with E-state index >= 15 is 0 Å². The lowest BCUT2D eigenvalue weighted by Gasteiger charge is -2.35. The van der Waals surface area contributed by atoms with Gasteiger partial charge < -0.3 is 4.90 Å². The summed E-state index contributed by atoms with van der Waals surface area (Å²) in [6.07, 6.45) is 16.7. The summed E-state index contributed by atoms with van der Waals surface area (Å²) in [4.78, 5) is 2.17. The Morgan fingerprint density at radius 3 is 1.86 bits per heavy atom. The van der Waals surface area contributed by atoms with Crippen molar-refractivity contribution in [3.05, 3.63) is 80.6 Å². The Morgan fingerprint density at radius 2 is 1.43 bits per heavy atom. The molecule has 1 nitrogen and oxygen atoms in total. The summed E-state index contributed by atoms with van der Waals surface area (Å²) >= 11 is 0. The average molecular weight is 512 g/mol. The SMILES string of the molecule is C=C.C=C.C=C/C(C)=C\N(C)c1ccc(CC[C@H]2CCCCC2C(C)CC)cc1.CC.CC.CC1CC1. The smallest absolute Gasteiger partial charge is 0.0403 e. The van der Waals surface area contributed by atoms with Crippen molar-refractivity contribution >= 4 is 5.69 Å². The Morgan fingerprint density at radius 1 is 0.946 bits per heavy atom. The van der Waals surface area contributed by atoms with Crippen LogP contribution in [0.15, 0.2) is 75.0 Å². The molecule has 2 unspecified atom stereocenters. The standard InChI is InChI=1S/C24H37N.C4H8.2C2H6.2C2H4/c1-6-19(3)18-25(5)23-16-13-21(14-17-23)12-15-22-10-8-9-11-24(22)20(4)7-2;1-4-2-3-4;4*1-2/h6,13-14,16-18,20,22,24H,1,7-12,15H2,2-5H3;4H,2-3H2,1H3;2*1-2H3;2*1-2H2/b19-18-;;;;;/t20?,22-,24?;;;;;/m1...../s1. The van der Waals surface area contributed by atoms with E-state index in [0.717, 1.165) is 23.7 Å². The van der Waals surface area contributed by atoms with Gasteiger partial charge >= 0.3 is 0 Å². The van der Waals surface area contributed by atoms with Gasteiger partial charge in [0, 0.05) is 18.9 Å². The topological polar surface area (TPSA) is 3.24 Å². The van der Waals surface area contributed by atoms with Crippen molar-refractivity contribution in [2.24, 2.45) is 23.7 Å².